The van der Waals surface area contributed by atoms with Gasteiger partial charge in [0.1, 0.15) is 0 Å². The van der Waals surface area contributed by atoms with E-state index in [1.165, 1.54) is 38.3 Å². The number of methoxy groups -OCH3 is 1. The van der Waals surface area contributed by atoms with Gasteiger partial charge in [-0.3, -0.25) is 4.79 Å². The van der Waals surface area contributed by atoms with Crippen molar-refractivity contribution in [1.29, 1.82) is 0 Å². The molecule has 0 spiro atoms. The fourth-order valence-electron chi connectivity index (χ4n) is 2.37. The lowest BCUT2D eigenvalue weighted by Crippen LogP contribution is -2.27. The molecule has 1 amide bonds. The zero-order valence-corrected chi connectivity index (χ0v) is 15.5. The summed E-state index contributed by atoms with van der Waals surface area (Å²) in [5, 5.41) is 2.65. The van der Waals surface area contributed by atoms with Gasteiger partial charge in [0.15, 0.2) is 0 Å². The highest BCUT2D eigenvalue weighted by Gasteiger charge is 2.20. The van der Waals surface area contributed by atoms with Crippen LogP contribution in [0.4, 0.5) is 5.69 Å². The van der Waals surface area contributed by atoms with Gasteiger partial charge in [0, 0.05) is 18.7 Å². The van der Waals surface area contributed by atoms with Crippen LogP contribution in [0.5, 0.6) is 0 Å². The Kier molecular flexibility index (Phi) is 6.12. The number of benzene rings is 2. The van der Waals surface area contributed by atoms with Crippen LogP contribution in [-0.2, 0) is 19.6 Å². The molecular formula is C18H20N2O5S. The first-order valence-electron chi connectivity index (χ1n) is 7.81. The largest absolute Gasteiger partial charge is 0.465 e. The van der Waals surface area contributed by atoms with Gasteiger partial charge >= 0.3 is 5.97 Å². The van der Waals surface area contributed by atoms with Gasteiger partial charge in [-0.05, 0) is 42.8 Å². The van der Waals surface area contributed by atoms with E-state index in [-0.39, 0.29) is 16.4 Å². The van der Waals surface area contributed by atoms with Crippen molar-refractivity contribution in [1.82, 2.24) is 4.72 Å². The number of anilines is 1. The predicted molar refractivity (Wildman–Crippen MR) is 97.3 cm³/mol. The molecule has 0 bridgehead atoms. The Labute approximate surface area is 152 Å². The van der Waals surface area contributed by atoms with Crippen molar-refractivity contribution < 1.29 is 22.7 Å². The van der Waals surface area contributed by atoms with Crippen LogP contribution in [0.15, 0.2) is 53.4 Å². The highest BCUT2D eigenvalue weighted by atomic mass is 32.2. The Bertz CT molecular complexity index is 925. The SMILES string of the molecule is COC(=O)c1cccc(S(=O)(=O)NC(C)c2cccc(NC(C)=O)c2)c1. The molecule has 0 aromatic heterocycles. The second-order valence-corrected chi connectivity index (χ2v) is 7.38. The Hall–Kier alpha value is -2.71. The molecule has 0 aliphatic carbocycles. The minimum absolute atomic E-state index is 0.0368. The number of carbonyl (C=O) groups excluding carboxylic acids is 2. The molecule has 1 unspecified atom stereocenters. The maximum atomic E-state index is 12.6. The van der Waals surface area contributed by atoms with Gasteiger partial charge in [0.25, 0.3) is 0 Å². The number of rotatable bonds is 6. The van der Waals surface area contributed by atoms with Crippen LogP contribution in [0.1, 0.15) is 35.8 Å². The third kappa shape index (κ3) is 4.90. The standard InChI is InChI=1S/C18H20N2O5S/c1-12(14-6-4-8-16(10-14)19-13(2)21)20-26(23,24)17-9-5-7-15(11-17)18(22)25-3/h4-12,20H,1-3H3,(H,19,21). The summed E-state index contributed by atoms with van der Waals surface area (Å²) in [6.07, 6.45) is 0. The van der Waals surface area contributed by atoms with Crippen molar-refractivity contribution in [3.8, 4) is 0 Å². The molecule has 0 aliphatic heterocycles. The average molecular weight is 376 g/mol. The first-order chi connectivity index (χ1) is 12.2. The molecule has 8 heteroatoms. The van der Waals surface area contributed by atoms with Crippen LogP contribution in [0.3, 0.4) is 0 Å². The van der Waals surface area contributed by atoms with Crippen LogP contribution < -0.4 is 10.0 Å². The van der Waals surface area contributed by atoms with E-state index in [1.807, 2.05) is 0 Å². The van der Waals surface area contributed by atoms with Gasteiger partial charge in [0.2, 0.25) is 15.9 Å². The summed E-state index contributed by atoms with van der Waals surface area (Å²) in [6.45, 7) is 3.09. The Morgan fingerprint density at radius 1 is 1.08 bits per heavy atom. The fraction of sp³-hybridized carbons (Fsp3) is 0.222. The summed E-state index contributed by atoms with van der Waals surface area (Å²) in [5.41, 5.74) is 1.41. The maximum absolute atomic E-state index is 12.6. The number of esters is 1. The van der Waals surface area contributed by atoms with Gasteiger partial charge in [-0.1, -0.05) is 18.2 Å². The minimum atomic E-state index is -3.85. The van der Waals surface area contributed by atoms with E-state index in [0.29, 0.717) is 11.3 Å². The van der Waals surface area contributed by atoms with E-state index < -0.39 is 22.0 Å². The summed E-state index contributed by atoms with van der Waals surface area (Å²) in [6, 6.07) is 12.0. The summed E-state index contributed by atoms with van der Waals surface area (Å²) in [4.78, 5) is 22.7. The number of hydrogen-bond acceptors (Lipinski definition) is 5. The maximum Gasteiger partial charge on any atom is 0.337 e. The highest BCUT2D eigenvalue weighted by Crippen LogP contribution is 2.21. The third-order valence-electron chi connectivity index (χ3n) is 3.60. The number of carbonyl (C=O) groups is 2. The van der Waals surface area contributed by atoms with Crippen LogP contribution in [0, 0.1) is 0 Å². The van der Waals surface area contributed by atoms with Gasteiger partial charge in [-0.2, -0.15) is 0 Å². The molecule has 138 valence electrons. The van der Waals surface area contributed by atoms with Gasteiger partial charge in [0.05, 0.1) is 17.6 Å². The molecule has 0 fully saturated rings. The Morgan fingerprint density at radius 3 is 2.42 bits per heavy atom. The summed E-state index contributed by atoms with van der Waals surface area (Å²) in [7, 11) is -2.62. The summed E-state index contributed by atoms with van der Waals surface area (Å²) in [5.74, 6) is -0.826. The van der Waals surface area contributed by atoms with E-state index >= 15 is 0 Å². The van der Waals surface area contributed by atoms with Crippen molar-refractivity contribution in [2.24, 2.45) is 0 Å². The molecular weight excluding hydrogens is 356 g/mol. The molecule has 0 saturated heterocycles. The monoisotopic (exact) mass is 376 g/mol. The predicted octanol–water partition coefficient (Wildman–Crippen LogP) is 2.47. The molecule has 26 heavy (non-hydrogen) atoms. The zero-order valence-electron chi connectivity index (χ0n) is 14.6. The summed E-state index contributed by atoms with van der Waals surface area (Å²) < 4.78 is 32.4. The van der Waals surface area contributed by atoms with E-state index in [9.17, 15) is 18.0 Å². The van der Waals surface area contributed by atoms with Crippen LogP contribution >= 0.6 is 0 Å². The number of amides is 1. The quantitative estimate of drug-likeness (QED) is 0.754. The highest BCUT2D eigenvalue weighted by molar-refractivity contribution is 7.89. The molecule has 2 N–H and O–H groups in total. The molecule has 2 aromatic carbocycles. The van der Waals surface area contributed by atoms with E-state index in [1.54, 1.807) is 31.2 Å². The molecule has 0 saturated carbocycles. The number of sulfonamides is 1. The van der Waals surface area contributed by atoms with Crippen molar-refractivity contribution in [2.75, 3.05) is 12.4 Å². The normalized spacial score (nSPS) is 12.3. The smallest absolute Gasteiger partial charge is 0.337 e. The number of ether oxygens (including phenoxy) is 1. The lowest BCUT2D eigenvalue weighted by Gasteiger charge is -2.16. The van der Waals surface area contributed by atoms with E-state index in [0.717, 1.165) is 0 Å². The number of nitrogens with one attached hydrogen (secondary N) is 2. The van der Waals surface area contributed by atoms with Gasteiger partial charge in [-0.15, -0.1) is 0 Å². The third-order valence-corrected chi connectivity index (χ3v) is 5.14. The first-order valence-corrected chi connectivity index (χ1v) is 9.29. The second kappa shape index (κ2) is 8.11. The summed E-state index contributed by atoms with van der Waals surface area (Å²) >= 11 is 0. The van der Waals surface area contributed by atoms with E-state index in [2.05, 4.69) is 14.8 Å². The number of hydrogen-bond donors (Lipinski definition) is 2. The van der Waals surface area contributed by atoms with Crippen molar-refractivity contribution in [3.05, 3.63) is 59.7 Å². The molecule has 0 aliphatic rings. The zero-order chi connectivity index (χ0) is 19.3. The molecule has 0 heterocycles. The first kappa shape index (κ1) is 19.6. The van der Waals surface area contributed by atoms with Gasteiger partial charge in [-0.25, -0.2) is 17.9 Å². The van der Waals surface area contributed by atoms with Crippen molar-refractivity contribution in [2.45, 2.75) is 24.8 Å². The van der Waals surface area contributed by atoms with Crippen LogP contribution in [0.2, 0.25) is 0 Å². The van der Waals surface area contributed by atoms with E-state index in [4.69, 9.17) is 0 Å². The fourth-order valence-corrected chi connectivity index (χ4v) is 3.64. The lowest BCUT2D eigenvalue weighted by atomic mass is 10.1. The van der Waals surface area contributed by atoms with Gasteiger partial charge < -0.3 is 10.1 Å². The topological polar surface area (TPSA) is 102 Å². The average Bonchev–Trinajstić information content (AvgIpc) is 2.60. The molecule has 2 rings (SSSR count). The Morgan fingerprint density at radius 2 is 1.77 bits per heavy atom. The van der Waals surface area contributed by atoms with Crippen molar-refractivity contribution in [3.63, 3.8) is 0 Å². The Balaban J connectivity index is 2.24. The second-order valence-electron chi connectivity index (χ2n) is 5.67. The molecule has 1 atom stereocenters. The lowest BCUT2D eigenvalue weighted by molar-refractivity contribution is -0.114. The molecule has 0 radical (unpaired) electrons. The van der Waals surface area contributed by atoms with Crippen LogP contribution in [-0.4, -0.2) is 27.4 Å². The molecule has 7 nitrogen and oxygen atoms in total. The van der Waals surface area contributed by atoms with Crippen molar-refractivity contribution >= 4 is 27.6 Å². The minimum Gasteiger partial charge on any atom is -0.465 e. The molecule has 2 aromatic rings. The van der Waals surface area contributed by atoms with Crippen LogP contribution in [0.25, 0.3) is 0 Å².